The first-order chi connectivity index (χ1) is 12.6. The molecule has 1 fully saturated rings. The summed E-state index contributed by atoms with van der Waals surface area (Å²) in [6.45, 7) is 1.93. The molecule has 7 heteroatoms. The second-order valence-electron chi connectivity index (χ2n) is 6.04. The van der Waals surface area contributed by atoms with Gasteiger partial charge in [0.05, 0.1) is 0 Å². The number of pyridine rings is 1. The van der Waals surface area contributed by atoms with Crippen LogP contribution in [0.15, 0.2) is 48.5 Å². The van der Waals surface area contributed by atoms with Crippen molar-refractivity contribution >= 4 is 23.9 Å². The van der Waals surface area contributed by atoms with Gasteiger partial charge in [0.15, 0.2) is 0 Å². The Labute approximate surface area is 151 Å². The molecule has 1 aromatic carbocycles. The van der Waals surface area contributed by atoms with Crippen molar-refractivity contribution in [2.45, 2.75) is 0 Å². The Morgan fingerprint density at radius 2 is 1.62 bits per heavy atom. The lowest BCUT2D eigenvalue weighted by Crippen LogP contribution is -2.48. The summed E-state index contributed by atoms with van der Waals surface area (Å²) >= 11 is 0. The number of hydrogen-bond donors (Lipinski definition) is 0. The van der Waals surface area contributed by atoms with E-state index in [1.807, 2.05) is 30.3 Å². The fraction of sp³-hybridized carbons (Fsp3) is 0.263. The average Bonchev–Trinajstić information content (AvgIpc) is 2.73. The van der Waals surface area contributed by atoms with Crippen molar-refractivity contribution in [3.8, 4) is 0 Å². The van der Waals surface area contributed by atoms with Gasteiger partial charge in [-0.2, -0.15) is 0 Å². The first kappa shape index (κ1) is 17.6. The maximum Gasteiger partial charge on any atom is 0.276 e. The summed E-state index contributed by atoms with van der Waals surface area (Å²) in [7, 11) is 1.67. The average molecular weight is 352 g/mol. The zero-order chi connectivity index (χ0) is 18.5. The zero-order valence-corrected chi connectivity index (χ0v) is 14.5. The van der Waals surface area contributed by atoms with Crippen molar-refractivity contribution in [1.29, 1.82) is 0 Å². The Bertz CT molecular complexity index is 801. The van der Waals surface area contributed by atoms with Crippen LogP contribution < -0.4 is 4.90 Å². The van der Waals surface area contributed by atoms with Crippen LogP contribution in [0.2, 0.25) is 0 Å². The summed E-state index contributed by atoms with van der Waals surface area (Å²) in [6.07, 6.45) is 0.790. The van der Waals surface area contributed by atoms with E-state index in [2.05, 4.69) is 4.98 Å². The van der Waals surface area contributed by atoms with Gasteiger partial charge in [-0.3, -0.25) is 14.4 Å². The van der Waals surface area contributed by atoms with Crippen LogP contribution in [0.5, 0.6) is 0 Å². The van der Waals surface area contributed by atoms with E-state index in [0.717, 1.165) is 12.1 Å². The largest absolute Gasteiger partial charge is 0.342 e. The molecule has 2 heterocycles. The number of rotatable bonds is 4. The van der Waals surface area contributed by atoms with E-state index in [-0.39, 0.29) is 23.2 Å². The second kappa shape index (κ2) is 7.77. The number of aromatic nitrogens is 1. The molecule has 0 atom stereocenters. The van der Waals surface area contributed by atoms with E-state index < -0.39 is 0 Å². The molecule has 0 radical (unpaired) electrons. The van der Waals surface area contributed by atoms with Crippen molar-refractivity contribution in [2.75, 3.05) is 38.1 Å². The SMILES string of the molecule is CN(C(=O)c1cccc(C(=O)N2CCN(C=O)CC2)n1)c1ccccc1. The summed E-state index contributed by atoms with van der Waals surface area (Å²) in [4.78, 5) is 45.1. The number of anilines is 1. The molecule has 3 amide bonds. The molecule has 1 aliphatic rings. The number of carbonyl (C=O) groups excluding carboxylic acids is 3. The molecule has 0 unspecified atom stereocenters. The Balaban J connectivity index is 1.74. The van der Waals surface area contributed by atoms with Gasteiger partial charge >= 0.3 is 0 Å². The second-order valence-corrected chi connectivity index (χ2v) is 6.04. The first-order valence-electron chi connectivity index (χ1n) is 8.39. The standard InChI is InChI=1S/C19H20N4O3/c1-21(15-6-3-2-4-7-15)18(25)16-8-5-9-17(20-16)19(26)23-12-10-22(14-24)11-13-23/h2-9,14H,10-13H2,1H3. The normalized spacial score (nSPS) is 14.0. The third kappa shape index (κ3) is 3.72. The monoisotopic (exact) mass is 352 g/mol. The van der Waals surface area contributed by atoms with Gasteiger partial charge in [0.2, 0.25) is 6.41 Å². The lowest BCUT2D eigenvalue weighted by atomic mass is 10.2. The molecule has 7 nitrogen and oxygen atoms in total. The fourth-order valence-electron chi connectivity index (χ4n) is 2.81. The van der Waals surface area contributed by atoms with Crippen molar-refractivity contribution < 1.29 is 14.4 Å². The van der Waals surface area contributed by atoms with Crippen molar-refractivity contribution in [2.24, 2.45) is 0 Å². The van der Waals surface area contributed by atoms with E-state index in [0.29, 0.717) is 26.2 Å². The van der Waals surface area contributed by atoms with E-state index in [9.17, 15) is 14.4 Å². The predicted molar refractivity (Wildman–Crippen MR) is 97.0 cm³/mol. The van der Waals surface area contributed by atoms with Crippen LogP contribution in [0, 0.1) is 0 Å². The summed E-state index contributed by atoms with van der Waals surface area (Å²) in [6, 6.07) is 14.1. The molecule has 1 saturated heterocycles. The minimum absolute atomic E-state index is 0.216. The number of benzene rings is 1. The summed E-state index contributed by atoms with van der Waals surface area (Å²) < 4.78 is 0. The first-order valence-corrected chi connectivity index (χ1v) is 8.39. The molecule has 3 rings (SSSR count). The van der Waals surface area contributed by atoms with Crippen LogP contribution in [0.3, 0.4) is 0 Å². The minimum atomic E-state index is -0.281. The van der Waals surface area contributed by atoms with E-state index in [1.54, 1.807) is 35.0 Å². The van der Waals surface area contributed by atoms with Gasteiger partial charge in [0.25, 0.3) is 11.8 Å². The Hall–Kier alpha value is -3.22. The molecule has 0 aliphatic carbocycles. The van der Waals surface area contributed by atoms with Crippen molar-refractivity contribution in [3.63, 3.8) is 0 Å². The molecule has 0 saturated carbocycles. The highest BCUT2D eigenvalue weighted by Crippen LogP contribution is 2.15. The van der Waals surface area contributed by atoms with Gasteiger partial charge in [-0.1, -0.05) is 24.3 Å². The molecular weight excluding hydrogens is 332 g/mol. The molecular formula is C19H20N4O3. The lowest BCUT2D eigenvalue weighted by Gasteiger charge is -2.32. The third-order valence-corrected chi connectivity index (χ3v) is 4.39. The smallest absolute Gasteiger partial charge is 0.276 e. The number of para-hydroxylation sites is 1. The lowest BCUT2D eigenvalue weighted by molar-refractivity contribution is -0.119. The number of nitrogens with zero attached hydrogens (tertiary/aromatic N) is 4. The van der Waals surface area contributed by atoms with Crippen molar-refractivity contribution in [1.82, 2.24) is 14.8 Å². The molecule has 1 aliphatic heterocycles. The summed E-state index contributed by atoms with van der Waals surface area (Å²) in [5, 5.41) is 0. The van der Waals surface area contributed by atoms with Gasteiger partial charge in [-0.25, -0.2) is 4.98 Å². The molecule has 0 N–H and O–H groups in total. The zero-order valence-electron chi connectivity index (χ0n) is 14.5. The van der Waals surface area contributed by atoms with Gasteiger partial charge in [-0.15, -0.1) is 0 Å². The molecule has 0 bridgehead atoms. The molecule has 134 valence electrons. The summed E-state index contributed by atoms with van der Waals surface area (Å²) in [5.74, 6) is -0.510. The Kier molecular flexibility index (Phi) is 5.26. The maximum absolute atomic E-state index is 12.7. The highest BCUT2D eigenvalue weighted by molar-refractivity contribution is 6.05. The Morgan fingerprint density at radius 3 is 2.27 bits per heavy atom. The predicted octanol–water partition coefficient (Wildman–Crippen LogP) is 1.27. The number of piperazine rings is 1. The molecule has 0 spiro atoms. The third-order valence-electron chi connectivity index (χ3n) is 4.39. The fourth-order valence-corrected chi connectivity index (χ4v) is 2.81. The number of hydrogen-bond acceptors (Lipinski definition) is 4. The molecule has 1 aromatic heterocycles. The van der Waals surface area contributed by atoms with Gasteiger partial charge < -0.3 is 14.7 Å². The Morgan fingerprint density at radius 1 is 0.962 bits per heavy atom. The maximum atomic E-state index is 12.7. The number of carbonyl (C=O) groups is 3. The highest BCUT2D eigenvalue weighted by atomic mass is 16.2. The summed E-state index contributed by atoms with van der Waals surface area (Å²) in [5.41, 5.74) is 1.20. The topological polar surface area (TPSA) is 73.8 Å². The number of amides is 3. The van der Waals surface area contributed by atoms with Crippen LogP contribution in [0.1, 0.15) is 21.0 Å². The van der Waals surface area contributed by atoms with E-state index in [1.165, 1.54) is 4.90 Å². The van der Waals surface area contributed by atoms with Crippen LogP contribution in [-0.4, -0.2) is 66.2 Å². The molecule has 26 heavy (non-hydrogen) atoms. The quantitative estimate of drug-likeness (QED) is 0.777. The van der Waals surface area contributed by atoms with Crippen LogP contribution in [0.4, 0.5) is 5.69 Å². The van der Waals surface area contributed by atoms with Crippen molar-refractivity contribution in [3.05, 3.63) is 59.9 Å². The van der Waals surface area contributed by atoms with E-state index >= 15 is 0 Å². The van der Waals surface area contributed by atoms with Crippen LogP contribution in [-0.2, 0) is 4.79 Å². The minimum Gasteiger partial charge on any atom is -0.342 e. The molecule has 2 aromatic rings. The van der Waals surface area contributed by atoms with Gasteiger partial charge in [0.1, 0.15) is 11.4 Å². The van der Waals surface area contributed by atoms with Gasteiger partial charge in [-0.05, 0) is 24.3 Å². The van der Waals surface area contributed by atoms with Crippen LogP contribution in [0.25, 0.3) is 0 Å². The van der Waals surface area contributed by atoms with Crippen LogP contribution >= 0.6 is 0 Å². The van der Waals surface area contributed by atoms with Gasteiger partial charge in [0, 0.05) is 38.9 Å². The van der Waals surface area contributed by atoms with E-state index in [4.69, 9.17) is 0 Å². The highest BCUT2D eigenvalue weighted by Gasteiger charge is 2.23.